The first-order chi connectivity index (χ1) is 67.4. The predicted octanol–water partition coefficient (Wildman–Crippen LogP) is 16.1. The molecule has 16 aromatic rings. The van der Waals surface area contributed by atoms with Crippen LogP contribution in [0.3, 0.4) is 0 Å². The molecule has 13 heterocycles. The summed E-state index contributed by atoms with van der Waals surface area (Å²) in [5.41, 5.74) is 46.7. The van der Waals surface area contributed by atoms with Crippen molar-refractivity contribution in [3.8, 4) is 0 Å². The van der Waals surface area contributed by atoms with E-state index < -0.39 is 0 Å². The van der Waals surface area contributed by atoms with Crippen molar-refractivity contribution in [3.63, 3.8) is 0 Å². The van der Waals surface area contributed by atoms with Crippen LogP contribution < -0.4 is 85.9 Å². The molecular weight excluding hydrogens is 1680 g/mol. The fraction of sp³-hybridized carbons (Fsp3) is 0.429. The summed E-state index contributed by atoms with van der Waals surface area (Å²) in [6.45, 7) is 0. The number of para-hydroxylation sites is 8. The molecule has 696 valence electrons. The molecule has 16 N–H and O–H groups in total. The van der Waals surface area contributed by atoms with Crippen LogP contribution in [0.5, 0.6) is 0 Å². The Hall–Kier alpha value is -11.8. The third-order valence-corrected chi connectivity index (χ3v) is 37.3. The van der Waals surface area contributed by atoms with Crippen LogP contribution >= 0.6 is 0 Å². The average Bonchev–Trinajstić information content (AvgIpc) is 1.54. The fourth-order valence-electron chi connectivity index (χ4n) is 32.0. The Morgan fingerprint density at radius 2 is 0.272 bits per heavy atom. The maximum atomic E-state index is 5.02. The van der Waals surface area contributed by atoms with Crippen LogP contribution in [0.4, 0.5) is 0 Å². The first kappa shape index (κ1) is 81.3. The Morgan fingerprint density at radius 1 is 0.154 bits per heavy atom. The molecule has 8 bridgehead atoms. The first-order valence-corrected chi connectivity index (χ1v) is 52.1. The summed E-state index contributed by atoms with van der Waals surface area (Å²) in [6.07, 6.45) is 35.4. The van der Waals surface area contributed by atoms with Gasteiger partial charge in [0.2, 0.25) is 0 Å². The molecule has 136 heavy (non-hydrogen) atoms. The lowest BCUT2D eigenvalue weighted by atomic mass is 9.57. The Kier molecular flexibility index (Phi) is 19.7. The molecule has 8 aliphatic carbocycles. The van der Waals surface area contributed by atoms with Gasteiger partial charge in [-0.05, 0) is 196 Å². The lowest BCUT2D eigenvalue weighted by Gasteiger charge is -2.56. The van der Waals surface area contributed by atoms with E-state index in [0.29, 0.717) is 47.3 Å². The number of aromatic nitrogens is 8. The van der Waals surface area contributed by atoms with E-state index in [1.807, 2.05) is 0 Å². The first-order valence-electron chi connectivity index (χ1n) is 52.1. The SMILES string of the molecule is c1ccc2c(c1)ccn2NC1C2CCCCC2C(Nn2ccc3ccccc32)C2C3NC(NC4NC(NC5NC(NC6NC(N3)C3C(Nn7ccc8ccccc87)C7CCCCC7C(Nn7ccc8ccccc87)C63)C3C(Nn6ccc7ccccc76)C6CCCCC6C(Nn6ccc7ccccc76)C53)C3C(Nn5ccc6ccccc65)C5CCCCC5C(Nn5ccc6ccccc65)C43)C12. The standard InChI is InChI=1S/C112H128N24/c1-17-41-81-65(25-1)49-57-129(81)121-97-73-33-9-10-34-74(73)98(122-130-58-50-66-26-2-18-42-82(66)130)90-89(97)105-113-106(90)118-108-93-94(102(126-134-62-54-70-30-6-22-46-86(70)134)78-38-14-13-37-77(78)101(93)125-133-61-53-69-29-5-21-45-85(69)133)110(115-108)120-112-96-95(103(127-135-63-55-71-31-7-23-47-87(71)135)79-39-15-16-40-80(79)104(96)128-136-64-56-72-32-8-24-48-88(72)136)111(116-112)119-109-92-91(107(114-109)117-105)99(123-131-59-51-67-27-3-19-43-83(67)131)75-35-11-12-36-76(75)100(92)124-132-60-52-68-28-4-20-44-84(68)132/h1-8,17-32,41-64,73-80,89-128H,9-16,33-40H2. The topological polar surface area (TPSA) is 232 Å². The minimum Gasteiger partial charge on any atom is -0.322 e. The molecule has 24 unspecified atom stereocenters. The fourth-order valence-corrected chi connectivity index (χ4v) is 32.0. The van der Waals surface area contributed by atoms with Gasteiger partial charge in [-0.15, -0.1) is 0 Å². The highest BCUT2D eigenvalue weighted by atomic mass is 15.5. The molecule has 24 nitrogen and oxygen atoms in total. The van der Waals surface area contributed by atoms with Crippen molar-refractivity contribution in [2.24, 2.45) is 94.7 Å². The smallest absolute Gasteiger partial charge is 0.0692 e. The van der Waals surface area contributed by atoms with Gasteiger partial charge < -0.3 is 43.4 Å². The second-order valence-electron chi connectivity index (χ2n) is 43.4. The lowest BCUT2D eigenvalue weighted by molar-refractivity contribution is 0.0141. The highest BCUT2D eigenvalue weighted by Crippen LogP contribution is 2.58. The van der Waals surface area contributed by atoms with E-state index in [2.05, 4.69) is 373 Å². The van der Waals surface area contributed by atoms with Gasteiger partial charge in [-0.1, -0.05) is 197 Å². The van der Waals surface area contributed by atoms with E-state index in [0.717, 1.165) is 51.4 Å². The highest BCUT2D eigenvalue weighted by Gasteiger charge is 2.69. The zero-order chi connectivity index (χ0) is 88.9. The molecule has 0 amide bonds. The zero-order valence-corrected chi connectivity index (χ0v) is 77.1. The number of rotatable bonds is 16. The maximum Gasteiger partial charge on any atom is 0.0692 e. The molecule has 0 spiro atoms. The normalized spacial score (nSPS) is 36.1. The molecule has 0 radical (unpaired) electrons. The Bertz CT molecular complexity index is 5840. The van der Waals surface area contributed by atoms with E-state index in [-0.39, 0.29) is 145 Å². The van der Waals surface area contributed by atoms with Crippen LogP contribution in [0, 0.1) is 94.7 Å². The van der Waals surface area contributed by atoms with Crippen LogP contribution in [-0.4, -0.2) is 135 Å². The van der Waals surface area contributed by atoms with Crippen molar-refractivity contribution >= 4 is 87.2 Å². The van der Waals surface area contributed by atoms with Crippen molar-refractivity contribution < 1.29 is 0 Å². The van der Waals surface area contributed by atoms with Crippen molar-refractivity contribution in [2.45, 2.75) is 200 Å². The van der Waals surface area contributed by atoms with E-state index in [4.69, 9.17) is 42.5 Å². The van der Waals surface area contributed by atoms with Gasteiger partial charge in [0.15, 0.2) is 0 Å². The summed E-state index contributed by atoms with van der Waals surface area (Å²) in [5, 5.41) is 49.6. The number of benzene rings is 8. The summed E-state index contributed by atoms with van der Waals surface area (Å²) in [4.78, 5) is 0. The van der Waals surface area contributed by atoms with E-state index >= 15 is 0 Å². The van der Waals surface area contributed by atoms with Gasteiger partial charge in [0, 0.05) is 140 Å². The van der Waals surface area contributed by atoms with E-state index in [9.17, 15) is 0 Å². The Morgan fingerprint density at radius 3 is 0.397 bits per heavy atom. The second-order valence-corrected chi connectivity index (χ2v) is 43.4. The summed E-state index contributed by atoms with van der Waals surface area (Å²) >= 11 is 0. The second kappa shape index (κ2) is 33.0. The van der Waals surface area contributed by atoms with E-state index in [1.165, 1.54) is 139 Å². The third kappa shape index (κ3) is 13.2. The molecule has 13 aliphatic rings. The largest absolute Gasteiger partial charge is 0.322 e. The van der Waals surface area contributed by atoms with Crippen molar-refractivity contribution in [1.29, 1.82) is 0 Å². The maximum absolute atomic E-state index is 5.02. The molecular formula is C112H128N24. The average molecular weight is 1810 g/mol. The summed E-state index contributed by atoms with van der Waals surface area (Å²) in [7, 11) is 0. The minimum atomic E-state index is -0.240. The number of fused-ring (bicyclic) bond motifs is 32. The summed E-state index contributed by atoms with van der Waals surface area (Å²) in [5.74, 6) is 2.54. The molecule has 8 aromatic heterocycles. The van der Waals surface area contributed by atoms with Crippen molar-refractivity contribution in [3.05, 3.63) is 292 Å². The number of nitrogens with one attached hydrogen (secondary N) is 16. The molecule has 24 heteroatoms. The van der Waals surface area contributed by atoms with E-state index in [1.54, 1.807) is 0 Å². The minimum absolute atomic E-state index is 0.00521. The molecule has 13 fully saturated rings. The predicted molar refractivity (Wildman–Crippen MR) is 546 cm³/mol. The van der Waals surface area contributed by atoms with Crippen LogP contribution in [0.15, 0.2) is 292 Å². The van der Waals surface area contributed by atoms with Crippen LogP contribution in [-0.2, 0) is 0 Å². The van der Waals surface area contributed by atoms with Crippen LogP contribution in [0.2, 0.25) is 0 Å². The molecule has 24 atom stereocenters. The molecule has 29 rings (SSSR count). The molecule has 5 saturated heterocycles. The number of hydrogen-bond donors (Lipinski definition) is 16. The van der Waals surface area contributed by atoms with Gasteiger partial charge in [-0.2, -0.15) is 0 Å². The van der Waals surface area contributed by atoms with Gasteiger partial charge in [0.1, 0.15) is 0 Å². The molecule has 5 aliphatic heterocycles. The number of nitrogens with zero attached hydrogens (tertiary/aromatic N) is 8. The Labute approximate surface area is 793 Å². The Balaban J connectivity index is 0.672. The quantitative estimate of drug-likeness (QED) is 0.0431. The van der Waals surface area contributed by atoms with Gasteiger partial charge in [0.25, 0.3) is 0 Å². The monoisotopic (exact) mass is 1810 g/mol. The van der Waals surface area contributed by atoms with Crippen LogP contribution in [0.1, 0.15) is 103 Å². The van der Waals surface area contributed by atoms with Crippen molar-refractivity contribution in [1.82, 2.24) is 79.9 Å². The number of hydrogen-bond acceptors (Lipinski definition) is 16. The van der Waals surface area contributed by atoms with Gasteiger partial charge in [-0.25, -0.2) is 0 Å². The zero-order valence-electron chi connectivity index (χ0n) is 77.1. The van der Waals surface area contributed by atoms with Gasteiger partial charge in [-0.3, -0.25) is 79.9 Å². The summed E-state index contributed by atoms with van der Waals surface area (Å²) in [6, 6.07) is 91.5. The van der Waals surface area contributed by atoms with Crippen molar-refractivity contribution in [2.75, 3.05) is 43.4 Å². The third-order valence-electron chi connectivity index (χ3n) is 37.3. The molecule has 8 saturated carbocycles. The molecule has 8 aromatic carbocycles. The van der Waals surface area contributed by atoms with Gasteiger partial charge in [0.05, 0.1) is 142 Å². The summed E-state index contributed by atoms with van der Waals surface area (Å²) < 4.78 is 19.6. The highest BCUT2D eigenvalue weighted by molar-refractivity contribution is 5.85. The van der Waals surface area contributed by atoms with Gasteiger partial charge >= 0.3 is 0 Å². The lowest BCUT2D eigenvalue weighted by Crippen LogP contribution is -2.67. The van der Waals surface area contributed by atoms with Crippen LogP contribution in [0.25, 0.3) is 87.2 Å².